The fourth-order valence-electron chi connectivity index (χ4n) is 3.65. The lowest BCUT2D eigenvalue weighted by molar-refractivity contribution is -0.117. The number of carbonyl (C=O) groups excluding carboxylic acids is 1. The van der Waals surface area contributed by atoms with Crippen molar-refractivity contribution >= 4 is 23.6 Å². The van der Waals surface area contributed by atoms with Gasteiger partial charge in [-0.05, 0) is 50.3 Å². The number of aryl methyl sites for hydroxylation is 1. The number of hydrogen-bond acceptors (Lipinski definition) is 5. The van der Waals surface area contributed by atoms with Crippen molar-refractivity contribution in [2.24, 2.45) is 5.92 Å². The zero-order chi connectivity index (χ0) is 22.8. The Kier molecular flexibility index (Phi) is 6.46. The molecule has 1 atom stereocenters. The molecule has 1 aromatic carbocycles. The smallest absolute Gasteiger partial charge is 0.249 e. The molecule has 1 fully saturated rings. The Morgan fingerprint density at radius 2 is 2.06 bits per heavy atom. The molecule has 32 heavy (non-hydrogen) atoms. The van der Waals surface area contributed by atoms with Crippen molar-refractivity contribution < 1.29 is 9.32 Å². The zero-order valence-electron chi connectivity index (χ0n) is 18.8. The topological polar surface area (TPSA) is 85.8 Å². The minimum atomic E-state index is -0.336. The van der Waals surface area contributed by atoms with Crippen LogP contribution in [-0.4, -0.2) is 25.8 Å². The molecule has 1 aliphatic rings. The van der Waals surface area contributed by atoms with Crippen LogP contribution in [0, 0.1) is 19.8 Å². The van der Waals surface area contributed by atoms with Gasteiger partial charge in [-0.25, -0.2) is 0 Å². The molecule has 1 amide bonds. The molecule has 3 aromatic rings. The van der Waals surface area contributed by atoms with E-state index in [4.69, 9.17) is 16.1 Å². The molecule has 8 heteroatoms. The summed E-state index contributed by atoms with van der Waals surface area (Å²) in [5.74, 6) is 1.51. The van der Waals surface area contributed by atoms with Gasteiger partial charge in [-0.15, -0.1) is 0 Å². The summed E-state index contributed by atoms with van der Waals surface area (Å²) in [5, 5.41) is 12.4. The number of nitrogens with zero attached hydrogens (tertiary/aromatic N) is 4. The minimum absolute atomic E-state index is 0.113. The molecule has 0 saturated heterocycles. The highest BCUT2D eigenvalue weighted by Crippen LogP contribution is 2.38. The van der Waals surface area contributed by atoms with Crippen molar-refractivity contribution in [2.75, 3.05) is 0 Å². The van der Waals surface area contributed by atoms with Crippen LogP contribution in [0.2, 0.25) is 5.02 Å². The van der Waals surface area contributed by atoms with Gasteiger partial charge >= 0.3 is 0 Å². The number of amides is 1. The Hall–Kier alpha value is -2.93. The quantitative estimate of drug-likeness (QED) is 0.485. The van der Waals surface area contributed by atoms with Crippen LogP contribution in [0.5, 0.6) is 0 Å². The number of aromatic nitrogens is 4. The van der Waals surface area contributed by atoms with Crippen LogP contribution in [0.15, 0.2) is 34.9 Å². The molecule has 2 aromatic heterocycles. The molecule has 1 aliphatic carbocycles. The first-order chi connectivity index (χ1) is 15.3. The lowest BCUT2D eigenvalue weighted by Gasteiger charge is -2.17. The van der Waals surface area contributed by atoms with Gasteiger partial charge in [-0.2, -0.15) is 10.1 Å². The maximum atomic E-state index is 12.7. The van der Waals surface area contributed by atoms with E-state index >= 15 is 0 Å². The largest absolute Gasteiger partial charge is 0.340 e. The summed E-state index contributed by atoms with van der Waals surface area (Å²) in [6.07, 6.45) is 5.54. The average molecular weight is 454 g/mol. The molecular weight excluding hydrogens is 426 g/mol. The van der Waals surface area contributed by atoms with Crippen LogP contribution in [0.3, 0.4) is 0 Å². The van der Waals surface area contributed by atoms with Crippen LogP contribution in [0.1, 0.15) is 72.9 Å². The van der Waals surface area contributed by atoms with E-state index in [2.05, 4.69) is 20.6 Å². The van der Waals surface area contributed by atoms with Crippen LogP contribution < -0.4 is 5.32 Å². The molecule has 0 radical (unpaired) electrons. The maximum Gasteiger partial charge on any atom is 0.249 e. The van der Waals surface area contributed by atoms with Gasteiger partial charge in [-0.1, -0.05) is 48.8 Å². The van der Waals surface area contributed by atoms with Gasteiger partial charge in [-0.3, -0.25) is 9.48 Å². The van der Waals surface area contributed by atoms with Crippen LogP contribution >= 0.6 is 11.6 Å². The first-order valence-electron chi connectivity index (χ1n) is 10.9. The van der Waals surface area contributed by atoms with E-state index in [1.807, 2.05) is 56.6 Å². The highest BCUT2D eigenvalue weighted by molar-refractivity contribution is 6.31. The van der Waals surface area contributed by atoms with Gasteiger partial charge < -0.3 is 9.84 Å². The number of benzene rings is 1. The van der Waals surface area contributed by atoms with Crippen molar-refractivity contribution in [3.63, 3.8) is 0 Å². The Morgan fingerprint density at radius 1 is 1.31 bits per heavy atom. The van der Waals surface area contributed by atoms with Gasteiger partial charge in [0.15, 0.2) is 5.82 Å². The lowest BCUT2D eigenvalue weighted by Crippen LogP contribution is -2.30. The molecule has 7 nitrogen and oxygen atoms in total. The van der Waals surface area contributed by atoms with Gasteiger partial charge in [0.2, 0.25) is 11.8 Å². The zero-order valence-corrected chi connectivity index (χ0v) is 19.6. The van der Waals surface area contributed by atoms with Crippen molar-refractivity contribution in [3.05, 3.63) is 69.6 Å². The summed E-state index contributed by atoms with van der Waals surface area (Å²) in [7, 11) is 0. The third-order valence-corrected chi connectivity index (χ3v) is 6.12. The standard InChI is InChI=1S/C24H28ClN5O2/c1-14(2)22(24-27-23(29-32-24)17-9-10-17)26-21(31)12-11-19-15(3)28-30(16(19)4)13-18-7-5-6-8-20(18)25/h5-8,11-12,14,17,22H,9-10,13H2,1-4H3,(H,26,31)/b12-11+. The molecule has 0 spiro atoms. The monoisotopic (exact) mass is 453 g/mol. The highest BCUT2D eigenvalue weighted by atomic mass is 35.5. The summed E-state index contributed by atoms with van der Waals surface area (Å²) >= 11 is 6.30. The number of carbonyl (C=O) groups is 1. The van der Waals surface area contributed by atoms with Crippen molar-refractivity contribution in [2.45, 2.75) is 59.0 Å². The van der Waals surface area contributed by atoms with Crippen molar-refractivity contribution in [1.82, 2.24) is 25.2 Å². The summed E-state index contributed by atoms with van der Waals surface area (Å²) < 4.78 is 7.34. The third kappa shape index (κ3) is 4.93. The van der Waals surface area contributed by atoms with Crippen molar-refractivity contribution in [3.8, 4) is 0 Å². The molecule has 2 heterocycles. The lowest BCUT2D eigenvalue weighted by atomic mass is 10.0. The highest BCUT2D eigenvalue weighted by Gasteiger charge is 2.31. The molecule has 0 aliphatic heterocycles. The number of halogens is 1. The Bertz CT molecular complexity index is 1140. The average Bonchev–Trinajstić information content (AvgIpc) is 3.43. The van der Waals surface area contributed by atoms with E-state index in [-0.39, 0.29) is 17.9 Å². The second-order valence-electron chi connectivity index (χ2n) is 8.66. The van der Waals surface area contributed by atoms with Gasteiger partial charge in [0.05, 0.1) is 12.2 Å². The normalized spacial score (nSPS) is 14.9. The van der Waals surface area contributed by atoms with E-state index in [0.717, 1.165) is 41.2 Å². The summed E-state index contributed by atoms with van der Waals surface area (Å²) in [6, 6.07) is 7.39. The molecule has 0 bridgehead atoms. The van der Waals surface area contributed by atoms with Crippen LogP contribution in [0.4, 0.5) is 0 Å². The molecule has 1 unspecified atom stereocenters. The first kappa shape index (κ1) is 22.3. The Labute approximate surface area is 192 Å². The Balaban J connectivity index is 1.46. The number of rotatable bonds is 8. The van der Waals surface area contributed by atoms with E-state index in [1.165, 1.54) is 6.08 Å². The van der Waals surface area contributed by atoms with Gasteiger partial charge in [0.25, 0.3) is 0 Å². The minimum Gasteiger partial charge on any atom is -0.340 e. The second-order valence-corrected chi connectivity index (χ2v) is 9.07. The summed E-state index contributed by atoms with van der Waals surface area (Å²) in [6.45, 7) is 8.53. The van der Waals surface area contributed by atoms with E-state index in [0.29, 0.717) is 23.4 Å². The SMILES string of the molecule is Cc1nn(Cc2ccccc2Cl)c(C)c1/C=C/C(=O)NC(c1nc(C2CC2)no1)C(C)C. The molecule has 4 rings (SSSR count). The third-order valence-electron chi connectivity index (χ3n) is 5.75. The van der Waals surface area contributed by atoms with E-state index < -0.39 is 0 Å². The molecule has 1 N–H and O–H groups in total. The van der Waals surface area contributed by atoms with Crippen molar-refractivity contribution in [1.29, 1.82) is 0 Å². The fourth-order valence-corrected chi connectivity index (χ4v) is 3.84. The number of nitrogens with one attached hydrogen (secondary N) is 1. The molecule has 168 valence electrons. The van der Waals surface area contributed by atoms with E-state index in [9.17, 15) is 4.79 Å². The summed E-state index contributed by atoms with van der Waals surface area (Å²) in [5.41, 5.74) is 3.74. The van der Waals surface area contributed by atoms with Gasteiger partial charge in [0.1, 0.15) is 6.04 Å². The number of hydrogen-bond donors (Lipinski definition) is 1. The fraction of sp³-hybridized carbons (Fsp3) is 0.417. The Morgan fingerprint density at radius 3 is 2.75 bits per heavy atom. The predicted molar refractivity (Wildman–Crippen MR) is 123 cm³/mol. The van der Waals surface area contributed by atoms with E-state index in [1.54, 1.807) is 6.08 Å². The maximum absolute atomic E-state index is 12.7. The van der Waals surface area contributed by atoms with Crippen LogP contribution in [-0.2, 0) is 11.3 Å². The predicted octanol–water partition coefficient (Wildman–Crippen LogP) is 4.99. The summed E-state index contributed by atoms with van der Waals surface area (Å²) in [4.78, 5) is 17.2. The van der Waals surface area contributed by atoms with Crippen LogP contribution in [0.25, 0.3) is 6.08 Å². The van der Waals surface area contributed by atoms with Gasteiger partial charge in [0, 0.05) is 28.3 Å². The first-order valence-corrected chi connectivity index (χ1v) is 11.3. The molecular formula is C24H28ClN5O2. The molecule has 1 saturated carbocycles. The second kappa shape index (κ2) is 9.28.